The Morgan fingerprint density at radius 3 is 2.48 bits per heavy atom. The fourth-order valence-electron chi connectivity index (χ4n) is 2.83. The SMILES string of the molecule is Cc1cc(=O)cc(C(=O)NC(C)CC(C)(C)c2ccccc2)o1. The van der Waals surface area contributed by atoms with E-state index >= 15 is 0 Å². The van der Waals surface area contributed by atoms with Gasteiger partial charge in [0.25, 0.3) is 5.91 Å². The van der Waals surface area contributed by atoms with Crippen molar-refractivity contribution in [3.63, 3.8) is 0 Å². The first-order chi connectivity index (χ1) is 10.8. The van der Waals surface area contributed by atoms with Crippen LogP contribution in [0.3, 0.4) is 0 Å². The fraction of sp³-hybridized carbons (Fsp3) is 0.368. The van der Waals surface area contributed by atoms with Crippen molar-refractivity contribution in [1.82, 2.24) is 5.32 Å². The van der Waals surface area contributed by atoms with E-state index in [1.165, 1.54) is 17.7 Å². The van der Waals surface area contributed by atoms with E-state index in [2.05, 4.69) is 31.3 Å². The molecule has 1 atom stereocenters. The number of aryl methyl sites for hydroxylation is 1. The van der Waals surface area contributed by atoms with Crippen LogP contribution >= 0.6 is 0 Å². The number of nitrogens with one attached hydrogen (secondary N) is 1. The van der Waals surface area contributed by atoms with Crippen molar-refractivity contribution in [2.45, 2.75) is 45.6 Å². The summed E-state index contributed by atoms with van der Waals surface area (Å²) in [5.41, 5.74) is 0.931. The first-order valence-electron chi connectivity index (χ1n) is 7.76. The number of benzene rings is 1. The Morgan fingerprint density at radius 2 is 1.87 bits per heavy atom. The molecule has 1 N–H and O–H groups in total. The van der Waals surface area contributed by atoms with Crippen molar-refractivity contribution < 1.29 is 9.21 Å². The lowest BCUT2D eigenvalue weighted by Crippen LogP contribution is -2.37. The molecular weight excluding hydrogens is 290 g/mol. The van der Waals surface area contributed by atoms with Crippen molar-refractivity contribution in [3.05, 3.63) is 69.8 Å². The van der Waals surface area contributed by atoms with Crippen LogP contribution in [-0.4, -0.2) is 11.9 Å². The topological polar surface area (TPSA) is 59.3 Å². The van der Waals surface area contributed by atoms with Gasteiger partial charge >= 0.3 is 0 Å². The summed E-state index contributed by atoms with van der Waals surface area (Å²) in [6.45, 7) is 7.91. The van der Waals surface area contributed by atoms with Crippen LogP contribution in [-0.2, 0) is 5.41 Å². The molecule has 0 aliphatic rings. The van der Waals surface area contributed by atoms with Gasteiger partial charge in [0, 0.05) is 18.2 Å². The molecule has 2 aromatic rings. The van der Waals surface area contributed by atoms with Crippen molar-refractivity contribution in [2.24, 2.45) is 0 Å². The minimum atomic E-state index is -0.359. The Morgan fingerprint density at radius 1 is 1.22 bits per heavy atom. The summed E-state index contributed by atoms with van der Waals surface area (Å²) in [5.74, 6) is 0.126. The number of amides is 1. The summed E-state index contributed by atoms with van der Waals surface area (Å²) in [6, 6.07) is 12.7. The zero-order valence-electron chi connectivity index (χ0n) is 14.1. The van der Waals surface area contributed by atoms with Gasteiger partial charge in [0.05, 0.1) is 0 Å². The highest BCUT2D eigenvalue weighted by Crippen LogP contribution is 2.28. The second-order valence-corrected chi connectivity index (χ2v) is 6.60. The van der Waals surface area contributed by atoms with Crippen LogP contribution in [0.1, 0.15) is 49.1 Å². The van der Waals surface area contributed by atoms with Crippen LogP contribution in [0.15, 0.2) is 51.7 Å². The molecular formula is C19H23NO3. The third kappa shape index (κ3) is 4.55. The molecule has 1 heterocycles. The number of carbonyl (C=O) groups excluding carboxylic acids is 1. The summed E-state index contributed by atoms with van der Waals surface area (Å²) in [6.07, 6.45) is 0.777. The molecule has 0 fully saturated rings. The predicted octanol–water partition coefficient (Wildman–Crippen LogP) is 3.43. The van der Waals surface area contributed by atoms with E-state index < -0.39 is 0 Å². The summed E-state index contributed by atoms with van der Waals surface area (Å²) in [5, 5.41) is 2.90. The van der Waals surface area contributed by atoms with Crippen molar-refractivity contribution in [1.29, 1.82) is 0 Å². The van der Waals surface area contributed by atoms with Gasteiger partial charge in [-0.05, 0) is 31.2 Å². The smallest absolute Gasteiger partial charge is 0.287 e. The van der Waals surface area contributed by atoms with Crippen molar-refractivity contribution in [3.8, 4) is 0 Å². The largest absolute Gasteiger partial charge is 0.456 e. The highest BCUT2D eigenvalue weighted by molar-refractivity contribution is 5.91. The molecule has 1 aromatic heterocycles. The second-order valence-electron chi connectivity index (χ2n) is 6.60. The van der Waals surface area contributed by atoms with Crippen LogP contribution in [0.2, 0.25) is 0 Å². The number of rotatable bonds is 5. The Labute approximate surface area is 136 Å². The van der Waals surface area contributed by atoms with E-state index in [1.54, 1.807) is 6.92 Å². The van der Waals surface area contributed by atoms with Gasteiger partial charge in [-0.15, -0.1) is 0 Å². The quantitative estimate of drug-likeness (QED) is 0.920. The highest BCUT2D eigenvalue weighted by Gasteiger charge is 2.24. The minimum Gasteiger partial charge on any atom is -0.456 e. The van der Waals surface area contributed by atoms with E-state index in [9.17, 15) is 9.59 Å². The van der Waals surface area contributed by atoms with Gasteiger partial charge in [-0.1, -0.05) is 44.2 Å². The molecule has 0 saturated heterocycles. The summed E-state index contributed by atoms with van der Waals surface area (Å²) in [7, 11) is 0. The van der Waals surface area contributed by atoms with Gasteiger partial charge in [0.15, 0.2) is 11.2 Å². The van der Waals surface area contributed by atoms with Gasteiger partial charge in [0.2, 0.25) is 0 Å². The maximum atomic E-state index is 12.2. The highest BCUT2D eigenvalue weighted by atomic mass is 16.3. The molecule has 23 heavy (non-hydrogen) atoms. The summed E-state index contributed by atoms with van der Waals surface area (Å²) in [4.78, 5) is 23.7. The van der Waals surface area contributed by atoms with Crippen LogP contribution in [0.25, 0.3) is 0 Å². The zero-order valence-corrected chi connectivity index (χ0v) is 14.1. The van der Waals surface area contributed by atoms with Gasteiger partial charge in [-0.25, -0.2) is 0 Å². The van der Waals surface area contributed by atoms with E-state index in [0.29, 0.717) is 5.76 Å². The Kier molecular flexibility index (Phi) is 5.04. The molecule has 0 aliphatic heterocycles. The molecule has 122 valence electrons. The first kappa shape index (κ1) is 17.0. The van der Waals surface area contributed by atoms with Gasteiger partial charge < -0.3 is 9.73 Å². The Balaban J connectivity index is 2.05. The lowest BCUT2D eigenvalue weighted by molar-refractivity contribution is 0.0902. The monoisotopic (exact) mass is 313 g/mol. The van der Waals surface area contributed by atoms with E-state index in [-0.39, 0.29) is 28.6 Å². The zero-order chi connectivity index (χ0) is 17.0. The fourth-order valence-corrected chi connectivity index (χ4v) is 2.83. The third-order valence-corrected chi connectivity index (χ3v) is 3.86. The van der Waals surface area contributed by atoms with E-state index in [4.69, 9.17) is 4.42 Å². The van der Waals surface area contributed by atoms with Crippen molar-refractivity contribution in [2.75, 3.05) is 0 Å². The standard InChI is InChI=1S/C19H23NO3/c1-13(12-19(3,4)15-8-6-5-7-9-15)20-18(22)17-11-16(21)10-14(2)23-17/h5-11,13H,12H2,1-4H3,(H,20,22). The van der Waals surface area contributed by atoms with Crippen LogP contribution < -0.4 is 10.7 Å². The van der Waals surface area contributed by atoms with Gasteiger partial charge in [0.1, 0.15) is 5.76 Å². The van der Waals surface area contributed by atoms with Crippen LogP contribution in [0, 0.1) is 6.92 Å². The lowest BCUT2D eigenvalue weighted by atomic mass is 9.79. The molecule has 4 nitrogen and oxygen atoms in total. The molecule has 1 aromatic carbocycles. The molecule has 4 heteroatoms. The van der Waals surface area contributed by atoms with Crippen LogP contribution in [0.5, 0.6) is 0 Å². The van der Waals surface area contributed by atoms with E-state index in [0.717, 1.165) is 6.42 Å². The van der Waals surface area contributed by atoms with Crippen molar-refractivity contribution >= 4 is 5.91 Å². The van der Waals surface area contributed by atoms with Gasteiger partial charge in [-0.3, -0.25) is 9.59 Å². The Hall–Kier alpha value is -2.36. The van der Waals surface area contributed by atoms with Crippen LogP contribution in [0.4, 0.5) is 0 Å². The molecule has 2 rings (SSSR count). The summed E-state index contributed by atoms with van der Waals surface area (Å²) < 4.78 is 5.32. The Bertz CT molecular complexity index is 732. The maximum Gasteiger partial charge on any atom is 0.287 e. The predicted molar refractivity (Wildman–Crippen MR) is 90.7 cm³/mol. The molecule has 1 amide bonds. The number of hydrogen-bond donors (Lipinski definition) is 1. The number of carbonyl (C=O) groups is 1. The molecule has 0 spiro atoms. The third-order valence-electron chi connectivity index (χ3n) is 3.86. The van der Waals surface area contributed by atoms with E-state index in [1.807, 2.05) is 25.1 Å². The second kappa shape index (κ2) is 6.82. The molecule has 1 unspecified atom stereocenters. The maximum absolute atomic E-state index is 12.2. The first-order valence-corrected chi connectivity index (χ1v) is 7.76. The molecule has 0 bridgehead atoms. The minimum absolute atomic E-state index is 0.0523. The molecule has 0 saturated carbocycles. The molecule has 0 radical (unpaired) electrons. The lowest BCUT2D eigenvalue weighted by Gasteiger charge is -2.29. The average molecular weight is 313 g/mol. The normalized spacial score (nSPS) is 12.7. The summed E-state index contributed by atoms with van der Waals surface area (Å²) >= 11 is 0. The van der Waals surface area contributed by atoms with Gasteiger partial charge in [-0.2, -0.15) is 0 Å². The number of hydrogen-bond acceptors (Lipinski definition) is 3. The molecule has 0 aliphatic carbocycles. The average Bonchev–Trinajstić information content (AvgIpc) is 2.46.